The van der Waals surface area contributed by atoms with Crippen LogP contribution in [0.25, 0.3) is 0 Å². The number of hydrogen-bond acceptors (Lipinski definition) is 4. The number of para-hydroxylation sites is 2. The number of benzene rings is 3. The molecule has 1 N–H and O–H groups in total. The van der Waals surface area contributed by atoms with Gasteiger partial charge in [-0.1, -0.05) is 54.6 Å². The summed E-state index contributed by atoms with van der Waals surface area (Å²) in [5.41, 5.74) is 3.36. The summed E-state index contributed by atoms with van der Waals surface area (Å²) in [6.07, 6.45) is 3.48. The molecule has 0 radical (unpaired) electrons. The van der Waals surface area contributed by atoms with E-state index in [4.69, 9.17) is 9.47 Å². The molecule has 0 aromatic heterocycles. The summed E-state index contributed by atoms with van der Waals surface area (Å²) in [4.78, 5) is 15.1. The molecule has 1 amide bonds. The second kappa shape index (κ2) is 10.7. The van der Waals surface area contributed by atoms with Gasteiger partial charge >= 0.3 is 0 Å². The minimum absolute atomic E-state index is 0.0873. The highest BCUT2D eigenvalue weighted by molar-refractivity contribution is 5.94. The van der Waals surface area contributed by atoms with Crippen molar-refractivity contribution in [3.8, 4) is 11.5 Å². The summed E-state index contributed by atoms with van der Waals surface area (Å²) >= 11 is 0. The smallest absolute Gasteiger partial charge is 0.251 e. The van der Waals surface area contributed by atoms with Crippen molar-refractivity contribution in [1.82, 2.24) is 10.2 Å². The molecular weight excluding hydrogens is 424 g/mol. The zero-order chi connectivity index (χ0) is 23.2. The van der Waals surface area contributed by atoms with Gasteiger partial charge in [-0.05, 0) is 73.7 Å². The molecule has 5 heteroatoms. The summed E-state index contributed by atoms with van der Waals surface area (Å²) in [6.45, 7) is 4.04. The Morgan fingerprint density at radius 2 is 1.56 bits per heavy atom. The predicted molar refractivity (Wildman–Crippen MR) is 133 cm³/mol. The third-order valence-electron chi connectivity index (χ3n) is 6.75. The largest absolute Gasteiger partial charge is 0.486 e. The number of rotatable bonds is 7. The first-order valence-electron chi connectivity index (χ1n) is 12.2. The highest BCUT2D eigenvalue weighted by Gasteiger charge is 2.22. The van der Waals surface area contributed by atoms with Crippen molar-refractivity contribution >= 4 is 5.91 Å². The van der Waals surface area contributed by atoms with Crippen molar-refractivity contribution in [2.24, 2.45) is 5.92 Å². The van der Waals surface area contributed by atoms with Gasteiger partial charge in [0, 0.05) is 12.1 Å². The number of carbonyl (C=O) groups is 1. The Balaban J connectivity index is 1.05. The number of carbonyl (C=O) groups excluding carboxylic acids is 1. The monoisotopic (exact) mass is 456 g/mol. The molecule has 5 rings (SSSR count). The second-order valence-corrected chi connectivity index (χ2v) is 9.31. The van der Waals surface area contributed by atoms with Gasteiger partial charge in [0.05, 0.1) is 6.54 Å². The van der Waals surface area contributed by atoms with Crippen LogP contribution in [0.15, 0.2) is 78.9 Å². The van der Waals surface area contributed by atoms with Gasteiger partial charge in [-0.25, -0.2) is 0 Å². The molecule has 1 atom stereocenters. The van der Waals surface area contributed by atoms with Crippen LogP contribution in [0.1, 0.15) is 34.3 Å². The Kier molecular flexibility index (Phi) is 7.10. The first-order chi connectivity index (χ1) is 16.7. The van der Waals surface area contributed by atoms with E-state index in [9.17, 15) is 4.79 Å². The number of amides is 1. The molecule has 1 saturated heterocycles. The van der Waals surface area contributed by atoms with E-state index < -0.39 is 0 Å². The van der Waals surface area contributed by atoms with E-state index in [2.05, 4.69) is 52.7 Å². The Morgan fingerprint density at radius 1 is 0.853 bits per heavy atom. The lowest BCUT2D eigenvalue weighted by Crippen LogP contribution is -2.40. The van der Waals surface area contributed by atoms with E-state index >= 15 is 0 Å². The fraction of sp³-hybridized carbons (Fsp3) is 0.345. The van der Waals surface area contributed by atoms with Gasteiger partial charge in [0.15, 0.2) is 11.5 Å². The third kappa shape index (κ3) is 5.78. The lowest BCUT2D eigenvalue weighted by Gasteiger charge is -2.32. The van der Waals surface area contributed by atoms with Gasteiger partial charge in [0.2, 0.25) is 0 Å². The van der Waals surface area contributed by atoms with Crippen LogP contribution in [0.3, 0.4) is 0 Å². The summed E-state index contributed by atoms with van der Waals surface area (Å²) in [5, 5.41) is 2.97. The maximum atomic E-state index is 12.6. The van der Waals surface area contributed by atoms with E-state index in [1.807, 2.05) is 36.4 Å². The second-order valence-electron chi connectivity index (χ2n) is 9.31. The molecular formula is C29H32N2O3. The van der Waals surface area contributed by atoms with E-state index in [0.29, 0.717) is 18.7 Å². The number of fused-ring (bicyclic) bond motifs is 1. The van der Waals surface area contributed by atoms with Gasteiger partial charge in [0.25, 0.3) is 5.91 Å². The van der Waals surface area contributed by atoms with Crippen LogP contribution >= 0.6 is 0 Å². The average Bonchev–Trinajstić information content (AvgIpc) is 2.89. The molecule has 2 heterocycles. The van der Waals surface area contributed by atoms with Crippen LogP contribution in [0.2, 0.25) is 0 Å². The molecule has 176 valence electrons. The zero-order valence-corrected chi connectivity index (χ0v) is 19.5. The number of nitrogens with one attached hydrogen (secondary N) is 1. The van der Waals surface area contributed by atoms with Gasteiger partial charge in [-0.15, -0.1) is 0 Å². The summed E-state index contributed by atoms with van der Waals surface area (Å²) in [7, 11) is 0. The molecule has 2 aliphatic rings. The molecule has 5 nitrogen and oxygen atoms in total. The normalized spacial score (nSPS) is 18.4. The van der Waals surface area contributed by atoms with Crippen molar-refractivity contribution in [1.29, 1.82) is 0 Å². The first-order valence-corrected chi connectivity index (χ1v) is 12.2. The van der Waals surface area contributed by atoms with Crippen molar-refractivity contribution in [3.05, 3.63) is 95.6 Å². The molecule has 2 aliphatic heterocycles. The maximum Gasteiger partial charge on any atom is 0.251 e. The lowest BCUT2D eigenvalue weighted by molar-refractivity contribution is 0.0789. The number of likely N-dealkylation sites (tertiary alicyclic amines) is 1. The van der Waals surface area contributed by atoms with Gasteiger partial charge < -0.3 is 14.8 Å². The van der Waals surface area contributed by atoms with Gasteiger partial charge in [0.1, 0.15) is 12.7 Å². The van der Waals surface area contributed by atoms with Crippen molar-refractivity contribution < 1.29 is 14.3 Å². The Labute approximate surface area is 201 Å². The van der Waals surface area contributed by atoms with E-state index in [1.165, 1.54) is 30.4 Å². The van der Waals surface area contributed by atoms with Crippen molar-refractivity contribution in [3.63, 3.8) is 0 Å². The maximum absolute atomic E-state index is 12.6. The molecule has 3 aromatic rings. The highest BCUT2D eigenvalue weighted by atomic mass is 16.6. The van der Waals surface area contributed by atoms with Gasteiger partial charge in [-0.3, -0.25) is 9.69 Å². The highest BCUT2D eigenvalue weighted by Crippen LogP contribution is 2.30. The average molecular weight is 457 g/mol. The number of nitrogens with zero attached hydrogens (tertiary/aromatic N) is 1. The summed E-state index contributed by atoms with van der Waals surface area (Å²) in [5.74, 6) is 2.16. The molecule has 3 aromatic carbocycles. The Bertz CT molecular complexity index is 1080. The van der Waals surface area contributed by atoms with Crippen LogP contribution < -0.4 is 14.8 Å². The molecule has 34 heavy (non-hydrogen) atoms. The molecule has 0 aliphatic carbocycles. The van der Waals surface area contributed by atoms with Gasteiger partial charge in [-0.2, -0.15) is 0 Å². The van der Waals surface area contributed by atoms with Crippen molar-refractivity contribution in [2.45, 2.75) is 31.9 Å². The fourth-order valence-electron chi connectivity index (χ4n) is 4.79. The Hall–Kier alpha value is -3.31. The SMILES string of the molecule is O=C(NC[C@H]1COc2ccccc2O1)c1ccc(CN2CCC(Cc3ccccc3)CC2)cc1. The fourth-order valence-corrected chi connectivity index (χ4v) is 4.79. The molecule has 0 spiro atoms. The van der Waals surface area contributed by atoms with Crippen LogP contribution in [-0.2, 0) is 13.0 Å². The summed E-state index contributed by atoms with van der Waals surface area (Å²) in [6, 6.07) is 26.4. The van der Waals surface area contributed by atoms with Crippen LogP contribution in [-0.4, -0.2) is 43.2 Å². The minimum atomic E-state index is -0.192. The molecule has 0 unspecified atom stereocenters. The third-order valence-corrected chi connectivity index (χ3v) is 6.75. The number of piperidine rings is 1. The number of ether oxygens (including phenoxy) is 2. The van der Waals surface area contributed by atoms with E-state index in [1.54, 1.807) is 0 Å². The molecule has 0 bridgehead atoms. The molecule has 0 saturated carbocycles. The quantitative estimate of drug-likeness (QED) is 0.559. The molecule has 1 fully saturated rings. The van der Waals surface area contributed by atoms with Crippen molar-refractivity contribution in [2.75, 3.05) is 26.2 Å². The first kappa shape index (κ1) is 22.5. The van der Waals surface area contributed by atoms with Crippen LogP contribution in [0.4, 0.5) is 0 Å². The van der Waals surface area contributed by atoms with E-state index in [-0.39, 0.29) is 12.0 Å². The number of hydrogen-bond donors (Lipinski definition) is 1. The van der Waals surface area contributed by atoms with Crippen LogP contribution in [0, 0.1) is 5.92 Å². The minimum Gasteiger partial charge on any atom is -0.486 e. The summed E-state index contributed by atoms with van der Waals surface area (Å²) < 4.78 is 11.6. The lowest BCUT2D eigenvalue weighted by atomic mass is 9.90. The van der Waals surface area contributed by atoms with E-state index in [0.717, 1.165) is 37.1 Å². The standard InChI is InChI=1S/C29H32N2O3/c32-29(30-19-26-21-33-27-8-4-5-9-28(27)34-26)25-12-10-24(11-13-25)20-31-16-14-23(15-17-31)18-22-6-2-1-3-7-22/h1-13,23,26H,14-21H2,(H,30,32)/t26-/m0/s1. The topological polar surface area (TPSA) is 50.8 Å². The zero-order valence-electron chi connectivity index (χ0n) is 19.5. The predicted octanol–water partition coefficient (Wildman–Crippen LogP) is 4.71. The van der Waals surface area contributed by atoms with Crippen LogP contribution in [0.5, 0.6) is 11.5 Å². The Morgan fingerprint density at radius 3 is 2.32 bits per heavy atom.